The van der Waals surface area contributed by atoms with Crippen molar-refractivity contribution in [3.8, 4) is 5.75 Å². The molecule has 21 heavy (non-hydrogen) atoms. The van der Waals surface area contributed by atoms with Gasteiger partial charge in [0, 0.05) is 10.5 Å². The number of halogens is 1. The van der Waals surface area contributed by atoms with E-state index in [9.17, 15) is 9.59 Å². The lowest BCUT2D eigenvalue weighted by Crippen LogP contribution is -2.37. The topological polar surface area (TPSA) is 81.4 Å². The molecule has 0 aliphatic carbocycles. The number of rotatable bonds is 7. The second kappa shape index (κ2) is 8.02. The number of amides is 1. The summed E-state index contributed by atoms with van der Waals surface area (Å²) in [5.74, 6) is -0.135. The third-order valence-electron chi connectivity index (χ3n) is 3.16. The molecule has 1 amide bonds. The summed E-state index contributed by atoms with van der Waals surface area (Å²) in [6.07, 6.45) is 1.72. The summed E-state index contributed by atoms with van der Waals surface area (Å²) >= 11 is 3.28. The van der Waals surface area contributed by atoms with Gasteiger partial charge in [-0.3, -0.25) is 9.59 Å². The highest BCUT2D eigenvalue weighted by molar-refractivity contribution is 9.10. The van der Waals surface area contributed by atoms with Crippen LogP contribution in [-0.2, 0) is 4.79 Å². The predicted molar refractivity (Wildman–Crippen MR) is 86.6 cm³/mol. The molecular formula is C15H21BrN2O3. The summed E-state index contributed by atoms with van der Waals surface area (Å²) < 4.78 is 6.15. The summed E-state index contributed by atoms with van der Waals surface area (Å²) in [5.41, 5.74) is 6.54. The zero-order chi connectivity index (χ0) is 16.0. The lowest BCUT2D eigenvalue weighted by atomic mass is 10.1. The molecule has 116 valence electrons. The first kappa shape index (κ1) is 17.5. The minimum absolute atomic E-state index is 0.135. The van der Waals surface area contributed by atoms with Crippen molar-refractivity contribution in [3.63, 3.8) is 0 Å². The van der Waals surface area contributed by atoms with E-state index < -0.39 is 0 Å². The number of carbonyl (C=O) groups excluding carboxylic acids is 2. The summed E-state index contributed by atoms with van der Waals surface area (Å²) in [7, 11) is 0. The highest BCUT2D eigenvalue weighted by Crippen LogP contribution is 2.31. The van der Waals surface area contributed by atoms with Gasteiger partial charge in [0.05, 0.1) is 11.3 Å². The first-order chi connectivity index (χ1) is 9.88. The fourth-order valence-electron chi connectivity index (χ4n) is 1.94. The highest BCUT2D eigenvalue weighted by Gasteiger charge is 2.16. The van der Waals surface area contributed by atoms with Crippen molar-refractivity contribution in [3.05, 3.63) is 22.2 Å². The number of hydrogen-bond donors (Lipinski definition) is 2. The lowest BCUT2D eigenvalue weighted by Gasteiger charge is -2.16. The van der Waals surface area contributed by atoms with Crippen LogP contribution in [0.2, 0.25) is 0 Å². The predicted octanol–water partition coefficient (Wildman–Crippen LogP) is 2.92. The van der Waals surface area contributed by atoms with E-state index in [0.717, 1.165) is 12.8 Å². The Morgan fingerprint density at radius 2 is 1.95 bits per heavy atom. The maximum Gasteiger partial charge on any atom is 0.258 e. The van der Waals surface area contributed by atoms with E-state index in [4.69, 9.17) is 10.5 Å². The van der Waals surface area contributed by atoms with Gasteiger partial charge in [-0.15, -0.1) is 0 Å². The number of hydrogen-bond acceptors (Lipinski definition) is 4. The van der Waals surface area contributed by atoms with Crippen LogP contribution >= 0.6 is 15.9 Å². The van der Waals surface area contributed by atoms with Crippen molar-refractivity contribution in [1.82, 2.24) is 5.32 Å². The molecule has 5 nitrogen and oxygen atoms in total. The molecule has 0 saturated carbocycles. The van der Waals surface area contributed by atoms with E-state index >= 15 is 0 Å². The lowest BCUT2D eigenvalue weighted by molar-refractivity contribution is -0.123. The molecule has 0 aliphatic heterocycles. The molecule has 0 aromatic heterocycles. The Balaban J connectivity index is 2.80. The minimum Gasteiger partial charge on any atom is -0.481 e. The van der Waals surface area contributed by atoms with Gasteiger partial charge < -0.3 is 15.8 Å². The molecule has 0 unspecified atom stereocenters. The molecule has 3 N–H and O–H groups in total. The summed E-state index contributed by atoms with van der Waals surface area (Å²) in [5, 5.41) is 2.87. The van der Waals surface area contributed by atoms with Gasteiger partial charge in [0.2, 0.25) is 0 Å². The van der Waals surface area contributed by atoms with Gasteiger partial charge in [0.25, 0.3) is 5.91 Å². The van der Waals surface area contributed by atoms with E-state index in [2.05, 4.69) is 21.2 Å². The average molecular weight is 357 g/mol. The van der Waals surface area contributed by atoms with Crippen molar-refractivity contribution in [2.75, 3.05) is 12.3 Å². The normalized spacial score (nSPS) is 10.5. The van der Waals surface area contributed by atoms with Crippen molar-refractivity contribution in [2.45, 2.75) is 39.7 Å². The molecule has 0 saturated heterocycles. The van der Waals surface area contributed by atoms with Crippen molar-refractivity contribution in [2.24, 2.45) is 0 Å². The SMILES string of the molecule is CCC(CC)NC(=O)COc1c(N)cc(Br)cc1C(C)=O. The Kier molecular flexibility index (Phi) is 6.68. The summed E-state index contributed by atoms with van der Waals surface area (Å²) in [6.45, 7) is 5.28. The van der Waals surface area contributed by atoms with Crippen LogP contribution in [0.5, 0.6) is 5.75 Å². The van der Waals surface area contributed by atoms with E-state index in [1.165, 1.54) is 6.92 Å². The van der Waals surface area contributed by atoms with Crippen molar-refractivity contribution >= 4 is 33.3 Å². The quantitative estimate of drug-likeness (QED) is 0.581. The number of benzene rings is 1. The van der Waals surface area contributed by atoms with E-state index in [0.29, 0.717) is 15.7 Å². The Hall–Kier alpha value is -1.56. The number of ether oxygens (including phenoxy) is 1. The fraction of sp³-hybridized carbons (Fsp3) is 0.467. The second-order valence-electron chi connectivity index (χ2n) is 4.80. The van der Waals surface area contributed by atoms with Gasteiger partial charge in [0.15, 0.2) is 18.1 Å². The molecule has 0 heterocycles. The Morgan fingerprint density at radius 3 is 2.48 bits per heavy atom. The molecule has 6 heteroatoms. The monoisotopic (exact) mass is 356 g/mol. The number of nitrogen functional groups attached to an aromatic ring is 1. The highest BCUT2D eigenvalue weighted by atomic mass is 79.9. The summed E-state index contributed by atoms with van der Waals surface area (Å²) in [6, 6.07) is 3.41. The molecule has 1 aromatic rings. The molecular weight excluding hydrogens is 336 g/mol. The maximum absolute atomic E-state index is 11.8. The molecule has 0 aliphatic rings. The Labute approximate surface area is 133 Å². The van der Waals surface area contributed by atoms with Gasteiger partial charge in [-0.2, -0.15) is 0 Å². The van der Waals surface area contributed by atoms with Crippen LogP contribution in [0.1, 0.15) is 44.0 Å². The first-order valence-electron chi connectivity index (χ1n) is 6.91. The first-order valence-corrected chi connectivity index (χ1v) is 7.70. The van der Waals surface area contributed by atoms with E-state index in [-0.39, 0.29) is 30.1 Å². The standard InChI is InChI=1S/C15H21BrN2O3/c1-4-11(5-2)18-14(20)8-21-15-12(9(3)19)6-10(16)7-13(15)17/h6-7,11H,4-5,8,17H2,1-3H3,(H,18,20). The number of nitrogens with one attached hydrogen (secondary N) is 1. The van der Waals surface area contributed by atoms with Crippen LogP contribution in [0.4, 0.5) is 5.69 Å². The number of anilines is 1. The molecule has 1 aromatic carbocycles. The van der Waals surface area contributed by atoms with Crippen molar-refractivity contribution in [1.29, 1.82) is 0 Å². The molecule has 0 fully saturated rings. The smallest absolute Gasteiger partial charge is 0.258 e. The molecule has 0 bridgehead atoms. The van der Waals surface area contributed by atoms with E-state index in [1.54, 1.807) is 12.1 Å². The van der Waals surface area contributed by atoms with E-state index in [1.807, 2.05) is 13.8 Å². The van der Waals surface area contributed by atoms with Crippen LogP contribution in [0.3, 0.4) is 0 Å². The molecule has 0 atom stereocenters. The zero-order valence-corrected chi connectivity index (χ0v) is 14.1. The third kappa shape index (κ3) is 5.04. The average Bonchev–Trinajstić information content (AvgIpc) is 2.42. The zero-order valence-electron chi connectivity index (χ0n) is 12.5. The van der Waals surface area contributed by atoms with Crippen LogP contribution in [-0.4, -0.2) is 24.3 Å². The van der Waals surface area contributed by atoms with Gasteiger partial charge in [0.1, 0.15) is 0 Å². The van der Waals surface area contributed by atoms with Crippen molar-refractivity contribution < 1.29 is 14.3 Å². The Morgan fingerprint density at radius 1 is 1.33 bits per heavy atom. The van der Waals surface area contributed by atoms with Gasteiger partial charge in [-0.05, 0) is 31.9 Å². The largest absolute Gasteiger partial charge is 0.481 e. The van der Waals surface area contributed by atoms with Gasteiger partial charge >= 0.3 is 0 Å². The molecule has 1 rings (SSSR count). The maximum atomic E-state index is 11.8. The number of Topliss-reactive ketones (excluding diaryl/α,β-unsaturated/α-hetero) is 1. The fourth-order valence-corrected chi connectivity index (χ4v) is 2.41. The van der Waals surface area contributed by atoms with Gasteiger partial charge in [-0.1, -0.05) is 29.8 Å². The van der Waals surface area contributed by atoms with Crippen LogP contribution in [0, 0.1) is 0 Å². The summed E-state index contributed by atoms with van der Waals surface area (Å²) in [4.78, 5) is 23.5. The number of ketones is 1. The number of nitrogens with two attached hydrogens (primary N) is 1. The van der Waals surface area contributed by atoms with Crippen LogP contribution < -0.4 is 15.8 Å². The molecule has 0 radical (unpaired) electrons. The van der Waals surface area contributed by atoms with Crippen LogP contribution in [0.15, 0.2) is 16.6 Å². The molecule has 0 spiro atoms. The second-order valence-corrected chi connectivity index (χ2v) is 5.71. The third-order valence-corrected chi connectivity index (χ3v) is 3.62. The van der Waals surface area contributed by atoms with Gasteiger partial charge in [-0.25, -0.2) is 0 Å². The van der Waals surface area contributed by atoms with Crippen LogP contribution in [0.25, 0.3) is 0 Å². The number of carbonyl (C=O) groups is 2. The Bertz CT molecular complexity index is 528. The minimum atomic E-state index is -0.222.